The molecule has 28 heavy (non-hydrogen) atoms. The zero-order valence-electron chi connectivity index (χ0n) is 16.0. The van der Waals surface area contributed by atoms with E-state index in [4.69, 9.17) is 0 Å². The van der Waals surface area contributed by atoms with E-state index in [0.29, 0.717) is 17.6 Å². The Bertz CT molecular complexity index is 1350. The molecular formula is C21H21N5O2. The molecule has 7 nitrogen and oxygen atoms in total. The minimum atomic E-state index is -0.385. The van der Waals surface area contributed by atoms with Gasteiger partial charge in [0.05, 0.1) is 5.39 Å². The van der Waals surface area contributed by atoms with Crippen molar-refractivity contribution in [1.82, 2.24) is 23.9 Å². The Hall–Kier alpha value is -3.22. The van der Waals surface area contributed by atoms with Gasteiger partial charge in [0, 0.05) is 31.7 Å². The lowest BCUT2D eigenvalue weighted by molar-refractivity contribution is 0.635. The molecule has 1 aliphatic carbocycles. The molecule has 0 amide bonds. The largest absolute Gasteiger partial charge is 0.332 e. The molecule has 5 rings (SSSR count). The Balaban J connectivity index is 1.92. The highest BCUT2D eigenvalue weighted by Crippen LogP contribution is 2.34. The van der Waals surface area contributed by atoms with Gasteiger partial charge in [-0.05, 0) is 36.8 Å². The molecule has 7 heteroatoms. The van der Waals surface area contributed by atoms with E-state index in [1.165, 1.54) is 28.4 Å². The van der Waals surface area contributed by atoms with Gasteiger partial charge in [0.2, 0.25) is 0 Å². The zero-order chi connectivity index (χ0) is 19.4. The van der Waals surface area contributed by atoms with Gasteiger partial charge in [0.1, 0.15) is 0 Å². The molecule has 3 heterocycles. The summed E-state index contributed by atoms with van der Waals surface area (Å²) in [5.74, 6) is 0. The second-order valence-corrected chi connectivity index (χ2v) is 7.51. The van der Waals surface area contributed by atoms with Crippen LogP contribution in [-0.4, -0.2) is 23.9 Å². The molecule has 0 aliphatic heterocycles. The molecule has 0 N–H and O–H groups in total. The smallest absolute Gasteiger partial charge is 0.323 e. The molecule has 0 fully saturated rings. The van der Waals surface area contributed by atoms with Crippen molar-refractivity contribution in [2.24, 2.45) is 14.1 Å². The van der Waals surface area contributed by atoms with Crippen LogP contribution in [0.25, 0.3) is 22.1 Å². The van der Waals surface area contributed by atoms with E-state index in [2.05, 4.69) is 26.9 Å². The monoisotopic (exact) mass is 375 g/mol. The summed E-state index contributed by atoms with van der Waals surface area (Å²) in [6.07, 6.45) is 4.10. The van der Waals surface area contributed by atoms with Crippen LogP contribution >= 0.6 is 0 Å². The maximum absolute atomic E-state index is 13.0. The lowest BCUT2D eigenvalue weighted by Crippen LogP contribution is -2.37. The molecule has 4 aromatic rings. The number of hydrogen-bond donors (Lipinski definition) is 0. The molecule has 0 unspecified atom stereocenters. The molecule has 0 spiro atoms. The van der Waals surface area contributed by atoms with E-state index in [0.717, 1.165) is 41.3 Å². The molecular weight excluding hydrogens is 354 g/mol. The first-order valence-corrected chi connectivity index (χ1v) is 9.58. The fourth-order valence-electron chi connectivity index (χ4n) is 4.42. The van der Waals surface area contributed by atoms with Crippen molar-refractivity contribution >= 4 is 22.1 Å². The number of rotatable bonds is 2. The van der Waals surface area contributed by atoms with Crippen LogP contribution in [0, 0.1) is 0 Å². The Morgan fingerprint density at radius 1 is 0.893 bits per heavy atom. The summed E-state index contributed by atoms with van der Waals surface area (Å²) in [6.45, 7) is 0.693. The summed E-state index contributed by atoms with van der Waals surface area (Å²) in [5, 5.41) is 10.2. The third-order valence-electron chi connectivity index (χ3n) is 5.85. The second-order valence-electron chi connectivity index (χ2n) is 7.51. The van der Waals surface area contributed by atoms with Gasteiger partial charge in [-0.2, -0.15) is 0 Å². The predicted octanol–water partition coefficient (Wildman–Crippen LogP) is 1.91. The maximum Gasteiger partial charge on any atom is 0.332 e. The molecule has 3 aromatic heterocycles. The number of benzene rings is 1. The summed E-state index contributed by atoms with van der Waals surface area (Å²) in [7, 11) is 3.15. The number of aryl methyl sites for hydroxylation is 2. The number of aromatic nitrogens is 5. The molecule has 0 saturated carbocycles. The van der Waals surface area contributed by atoms with Gasteiger partial charge in [-0.1, -0.05) is 30.3 Å². The van der Waals surface area contributed by atoms with E-state index >= 15 is 0 Å². The quantitative estimate of drug-likeness (QED) is 0.536. The first kappa shape index (κ1) is 16.9. The average molecular weight is 375 g/mol. The van der Waals surface area contributed by atoms with Gasteiger partial charge >= 0.3 is 5.69 Å². The minimum absolute atomic E-state index is 0.303. The molecule has 1 aromatic carbocycles. The standard InChI is InChI=1S/C21H21N5O2/c1-24-18-17(20(27)25(2)21(24)28)16-14-10-6-7-11-15(14)26(19(16)23-22-18)12-13-8-4-3-5-9-13/h3-5,8-9H,6-7,10-12H2,1-2H3. The van der Waals surface area contributed by atoms with E-state index in [1.807, 2.05) is 18.2 Å². The number of fused-ring (bicyclic) bond motifs is 5. The molecule has 0 bridgehead atoms. The zero-order valence-corrected chi connectivity index (χ0v) is 16.0. The van der Waals surface area contributed by atoms with E-state index in [9.17, 15) is 9.59 Å². The summed E-state index contributed by atoms with van der Waals surface area (Å²) in [5.41, 5.74) is 4.01. The first-order chi connectivity index (χ1) is 13.6. The third-order valence-corrected chi connectivity index (χ3v) is 5.85. The topological polar surface area (TPSA) is 74.7 Å². The van der Waals surface area contributed by atoms with Crippen LogP contribution in [0.15, 0.2) is 39.9 Å². The molecule has 142 valence electrons. The predicted molar refractivity (Wildman–Crippen MR) is 108 cm³/mol. The Kier molecular flexibility index (Phi) is 3.72. The van der Waals surface area contributed by atoms with Gasteiger partial charge in [-0.3, -0.25) is 13.9 Å². The van der Waals surface area contributed by atoms with Crippen molar-refractivity contribution in [1.29, 1.82) is 0 Å². The SMILES string of the molecule is Cn1c(=O)c2c3c4c(n(Cc5ccccc5)c3nnc2n(C)c1=O)CCCC4. The second kappa shape index (κ2) is 6.15. The van der Waals surface area contributed by atoms with E-state index in [1.54, 1.807) is 7.05 Å². The fraction of sp³-hybridized carbons (Fsp3) is 0.333. The van der Waals surface area contributed by atoms with Crippen molar-refractivity contribution in [2.45, 2.75) is 32.2 Å². The molecule has 0 atom stereocenters. The van der Waals surface area contributed by atoms with Crippen LogP contribution in [-0.2, 0) is 33.5 Å². The summed E-state index contributed by atoms with van der Waals surface area (Å²) < 4.78 is 4.77. The third kappa shape index (κ3) is 2.28. The lowest BCUT2D eigenvalue weighted by Gasteiger charge is -2.15. The van der Waals surface area contributed by atoms with Crippen LogP contribution in [0.5, 0.6) is 0 Å². The fourth-order valence-corrected chi connectivity index (χ4v) is 4.42. The summed E-state index contributed by atoms with van der Waals surface area (Å²) in [4.78, 5) is 25.4. The highest BCUT2D eigenvalue weighted by atomic mass is 16.2. The summed E-state index contributed by atoms with van der Waals surface area (Å²) in [6, 6.07) is 10.3. The van der Waals surface area contributed by atoms with Crippen molar-refractivity contribution in [3.05, 3.63) is 68.0 Å². The molecule has 0 radical (unpaired) electrons. The highest BCUT2D eigenvalue weighted by molar-refractivity contribution is 6.04. The van der Waals surface area contributed by atoms with Crippen molar-refractivity contribution in [2.75, 3.05) is 0 Å². The van der Waals surface area contributed by atoms with Crippen molar-refractivity contribution in [3.8, 4) is 0 Å². The normalized spacial score (nSPS) is 13.9. The Labute approximate surface area is 160 Å². The number of nitrogens with zero attached hydrogens (tertiary/aromatic N) is 5. The lowest BCUT2D eigenvalue weighted by atomic mass is 9.95. The van der Waals surface area contributed by atoms with Gasteiger partial charge in [-0.15, -0.1) is 10.2 Å². The van der Waals surface area contributed by atoms with Gasteiger partial charge in [-0.25, -0.2) is 4.79 Å². The molecule has 1 aliphatic rings. The average Bonchev–Trinajstić information content (AvgIpc) is 3.05. The highest BCUT2D eigenvalue weighted by Gasteiger charge is 2.25. The van der Waals surface area contributed by atoms with E-state index < -0.39 is 0 Å². The van der Waals surface area contributed by atoms with Crippen LogP contribution in [0.4, 0.5) is 0 Å². The van der Waals surface area contributed by atoms with Crippen LogP contribution in [0.2, 0.25) is 0 Å². The minimum Gasteiger partial charge on any atom is -0.323 e. The first-order valence-electron chi connectivity index (χ1n) is 9.58. The van der Waals surface area contributed by atoms with Gasteiger partial charge < -0.3 is 4.57 Å². The van der Waals surface area contributed by atoms with Crippen molar-refractivity contribution < 1.29 is 0 Å². The van der Waals surface area contributed by atoms with Crippen LogP contribution < -0.4 is 11.2 Å². The summed E-state index contributed by atoms with van der Waals surface area (Å²) >= 11 is 0. The number of hydrogen-bond acceptors (Lipinski definition) is 4. The maximum atomic E-state index is 13.0. The van der Waals surface area contributed by atoms with Crippen LogP contribution in [0.3, 0.4) is 0 Å². The Morgan fingerprint density at radius 2 is 1.61 bits per heavy atom. The molecule has 0 saturated heterocycles. The van der Waals surface area contributed by atoms with Crippen molar-refractivity contribution in [3.63, 3.8) is 0 Å². The van der Waals surface area contributed by atoms with Crippen LogP contribution in [0.1, 0.15) is 29.7 Å². The Morgan fingerprint density at radius 3 is 2.39 bits per heavy atom. The van der Waals surface area contributed by atoms with E-state index in [-0.39, 0.29) is 11.2 Å². The van der Waals surface area contributed by atoms with Gasteiger partial charge in [0.25, 0.3) is 5.56 Å². The van der Waals surface area contributed by atoms with Gasteiger partial charge in [0.15, 0.2) is 11.3 Å².